The van der Waals surface area contributed by atoms with E-state index in [9.17, 15) is 4.79 Å². The lowest BCUT2D eigenvalue weighted by Crippen LogP contribution is -2.34. The van der Waals surface area contributed by atoms with E-state index in [4.69, 9.17) is 16.3 Å². The van der Waals surface area contributed by atoms with E-state index in [1.54, 1.807) is 16.9 Å². The van der Waals surface area contributed by atoms with Crippen molar-refractivity contribution in [1.82, 2.24) is 20.1 Å². The highest BCUT2D eigenvalue weighted by Crippen LogP contribution is 2.18. The number of hydrogen-bond donors (Lipinski definition) is 1. The minimum atomic E-state index is -0.496. The molecule has 0 radical (unpaired) electrons. The Balaban J connectivity index is 1.87. The summed E-state index contributed by atoms with van der Waals surface area (Å²) in [5, 5.41) is 7.55. The van der Waals surface area contributed by atoms with Crippen molar-refractivity contribution in [3.63, 3.8) is 0 Å². The maximum absolute atomic E-state index is 11.5. The Morgan fingerprint density at radius 2 is 2.18 bits per heavy atom. The molecule has 0 fully saturated rings. The van der Waals surface area contributed by atoms with Crippen molar-refractivity contribution in [2.75, 3.05) is 6.54 Å². The first-order valence-electron chi connectivity index (χ1n) is 6.96. The molecule has 1 N–H and O–H groups in total. The molecule has 2 aromatic rings. The van der Waals surface area contributed by atoms with E-state index in [1.165, 1.54) is 0 Å². The van der Waals surface area contributed by atoms with Crippen LogP contribution in [-0.2, 0) is 11.3 Å². The first-order valence-corrected chi connectivity index (χ1v) is 7.33. The van der Waals surface area contributed by atoms with Crippen LogP contribution in [0, 0.1) is 0 Å². The molecule has 0 saturated heterocycles. The zero-order valence-corrected chi connectivity index (χ0v) is 13.6. The van der Waals surface area contributed by atoms with Gasteiger partial charge in [0.25, 0.3) is 0 Å². The van der Waals surface area contributed by atoms with Crippen molar-refractivity contribution in [3.05, 3.63) is 35.7 Å². The Kier molecular flexibility index (Phi) is 5.03. The molecular weight excluding hydrogens is 304 g/mol. The van der Waals surface area contributed by atoms with Crippen molar-refractivity contribution in [3.8, 4) is 11.3 Å². The van der Waals surface area contributed by atoms with Crippen LogP contribution in [0.1, 0.15) is 20.8 Å². The zero-order chi connectivity index (χ0) is 16.2. The molecule has 0 aliphatic rings. The first kappa shape index (κ1) is 16.3. The lowest BCUT2D eigenvalue weighted by atomic mass is 10.2. The van der Waals surface area contributed by atoms with Crippen molar-refractivity contribution < 1.29 is 9.53 Å². The lowest BCUT2D eigenvalue weighted by molar-refractivity contribution is 0.0525. The van der Waals surface area contributed by atoms with Gasteiger partial charge in [-0.3, -0.25) is 4.68 Å². The Morgan fingerprint density at radius 1 is 1.41 bits per heavy atom. The van der Waals surface area contributed by atoms with Crippen LogP contribution < -0.4 is 5.32 Å². The normalized spacial score (nSPS) is 11.3. The molecule has 118 valence electrons. The van der Waals surface area contributed by atoms with Crippen LogP contribution in [0.4, 0.5) is 4.79 Å². The Labute approximate surface area is 134 Å². The van der Waals surface area contributed by atoms with E-state index in [1.807, 2.05) is 39.1 Å². The number of ether oxygens (including phenoxy) is 1. The van der Waals surface area contributed by atoms with Crippen LogP contribution in [0.25, 0.3) is 11.3 Å². The van der Waals surface area contributed by atoms with Gasteiger partial charge in [-0.05, 0) is 39.0 Å². The van der Waals surface area contributed by atoms with Crippen molar-refractivity contribution in [2.45, 2.75) is 32.9 Å². The average Bonchev–Trinajstić information content (AvgIpc) is 2.85. The molecule has 0 spiro atoms. The molecule has 0 bridgehead atoms. The van der Waals surface area contributed by atoms with Crippen molar-refractivity contribution >= 4 is 17.7 Å². The van der Waals surface area contributed by atoms with Crippen LogP contribution in [0.3, 0.4) is 0 Å². The number of halogens is 1. The van der Waals surface area contributed by atoms with Crippen LogP contribution in [-0.4, -0.2) is 33.0 Å². The summed E-state index contributed by atoms with van der Waals surface area (Å²) in [5.74, 6) is 0. The summed E-state index contributed by atoms with van der Waals surface area (Å²) < 4.78 is 6.91. The van der Waals surface area contributed by atoms with Gasteiger partial charge in [0, 0.05) is 24.5 Å². The molecule has 0 aliphatic heterocycles. The van der Waals surface area contributed by atoms with Crippen LogP contribution >= 0.6 is 11.6 Å². The predicted octanol–water partition coefficient (Wildman–Crippen LogP) is 3.12. The monoisotopic (exact) mass is 322 g/mol. The Bertz CT molecular complexity index is 649. The fourth-order valence-corrected chi connectivity index (χ4v) is 1.96. The number of carbonyl (C=O) groups is 1. The van der Waals surface area contributed by atoms with Crippen molar-refractivity contribution in [1.29, 1.82) is 0 Å². The third-order valence-electron chi connectivity index (χ3n) is 2.67. The molecule has 0 aliphatic carbocycles. The maximum atomic E-state index is 11.5. The molecule has 2 rings (SSSR count). The second-order valence-electron chi connectivity index (χ2n) is 5.76. The van der Waals surface area contributed by atoms with Crippen molar-refractivity contribution in [2.24, 2.45) is 0 Å². The molecule has 22 heavy (non-hydrogen) atoms. The van der Waals surface area contributed by atoms with Crippen LogP contribution in [0.5, 0.6) is 0 Å². The van der Waals surface area contributed by atoms with E-state index in [0.717, 1.165) is 11.3 Å². The summed E-state index contributed by atoms with van der Waals surface area (Å²) in [6.07, 6.45) is 3.06. The summed E-state index contributed by atoms with van der Waals surface area (Å²) in [7, 11) is 0. The Morgan fingerprint density at radius 3 is 2.86 bits per heavy atom. The number of carbonyl (C=O) groups excluding carboxylic acids is 1. The maximum Gasteiger partial charge on any atom is 0.407 e. The minimum Gasteiger partial charge on any atom is -0.444 e. The molecule has 2 heterocycles. The highest BCUT2D eigenvalue weighted by atomic mass is 35.5. The number of pyridine rings is 1. The van der Waals surface area contributed by atoms with E-state index < -0.39 is 11.7 Å². The highest BCUT2D eigenvalue weighted by Gasteiger charge is 2.15. The average molecular weight is 323 g/mol. The number of nitrogens with one attached hydrogen (secondary N) is 1. The Hall–Kier alpha value is -2.08. The van der Waals surface area contributed by atoms with Gasteiger partial charge in [0.2, 0.25) is 0 Å². The summed E-state index contributed by atoms with van der Waals surface area (Å²) in [4.78, 5) is 15.5. The molecular formula is C15H19ClN4O2. The molecule has 6 nitrogen and oxygen atoms in total. The summed E-state index contributed by atoms with van der Waals surface area (Å²) in [6, 6.07) is 5.49. The summed E-state index contributed by atoms with van der Waals surface area (Å²) in [5.41, 5.74) is 1.21. The fraction of sp³-hybridized carbons (Fsp3) is 0.400. The quantitative estimate of drug-likeness (QED) is 0.878. The van der Waals surface area contributed by atoms with E-state index in [-0.39, 0.29) is 0 Å². The number of rotatable bonds is 4. The standard InChI is InChI=1S/C15H19ClN4O2/c1-15(2,3)22-14(21)18-7-9-20-8-5-12(19-20)11-4-6-17-13(16)10-11/h4-6,8,10H,7,9H2,1-3H3,(H,18,21). The van der Waals surface area contributed by atoms with E-state index in [0.29, 0.717) is 18.2 Å². The van der Waals surface area contributed by atoms with E-state index in [2.05, 4.69) is 15.4 Å². The second-order valence-corrected chi connectivity index (χ2v) is 6.15. The number of nitrogens with zero attached hydrogens (tertiary/aromatic N) is 3. The van der Waals surface area contributed by atoms with Gasteiger partial charge in [-0.2, -0.15) is 5.10 Å². The molecule has 1 amide bonds. The third kappa shape index (κ3) is 5.04. The predicted molar refractivity (Wildman–Crippen MR) is 84.7 cm³/mol. The third-order valence-corrected chi connectivity index (χ3v) is 2.88. The number of amides is 1. The molecule has 0 saturated carbocycles. The van der Waals surface area contributed by atoms with Gasteiger partial charge in [-0.1, -0.05) is 11.6 Å². The zero-order valence-electron chi connectivity index (χ0n) is 12.8. The molecule has 0 atom stereocenters. The number of aromatic nitrogens is 3. The van der Waals surface area contributed by atoms with E-state index >= 15 is 0 Å². The first-order chi connectivity index (χ1) is 10.3. The topological polar surface area (TPSA) is 69.0 Å². The van der Waals surface area contributed by atoms with Gasteiger partial charge in [-0.15, -0.1) is 0 Å². The molecule has 0 aromatic carbocycles. The molecule has 7 heteroatoms. The summed E-state index contributed by atoms with van der Waals surface area (Å²) >= 11 is 5.87. The van der Waals surface area contributed by atoms with Gasteiger partial charge in [0.05, 0.1) is 12.2 Å². The highest BCUT2D eigenvalue weighted by molar-refractivity contribution is 6.29. The second kappa shape index (κ2) is 6.79. The van der Waals surface area contributed by atoms with Gasteiger partial charge in [0.1, 0.15) is 10.8 Å². The van der Waals surface area contributed by atoms with Crippen LogP contribution in [0.15, 0.2) is 30.6 Å². The molecule has 0 unspecified atom stereocenters. The fourth-order valence-electron chi connectivity index (χ4n) is 1.79. The van der Waals surface area contributed by atoms with Gasteiger partial charge < -0.3 is 10.1 Å². The lowest BCUT2D eigenvalue weighted by Gasteiger charge is -2.19. The SMILES string of the molecule is CC(C)(C)OC(=O)NCCn1ccc(-c2ccnc(Cl)c2)n1. The summed E-state index contributed by atoms with van der Waals surface area (Å²) in [6.45, 7) is 6.47. The van der Waals surface area contributed by atoms with Gasteiger partial charge >= 0.3 is 6.09 Å². The smallest absolute Gasteiger partial charge is 0.407 e. The van der Waals surface area contributed by atoms with Gasteiger partial charge in [0.15, 0.2) is 0 Å². The van der Waals surface area contributed by atoms with Crippen LogP contribution in [0.2, 0.25) is 5.15 Å². The molecule has 2 aromatic heterocycles. The minimum absolute atomic E-state index is 0.429. The van der Waals surface area contributed by atoms with Gasteiger partial charge in [-0.25, -0.2) is 9.78 Å². The number of alkyl carbamates (subject to hydrolysis) is 1. The largest absolute Gasteiger partial charge is 0.444 e. The number of hydrogen-bond acceptors (Lipinski definition) is 4.